The molecule has 1 atom stereocenters. The van der Waals surface area contributed by atoms with E-state index in [2.05, 4.69) is 24.1 Å². The third-order valence-electron chi connectivity index (χ3n) is 7.46. The van der Waals surface area contributed by atoms with Crippen LogP contribution in [0.5, 0.6) is 0 Å². The normalized spacial score (nSPS) is 21.5. The molecule has 0 unspecified atom stereocenters. The lowest BCUT2D eigenvalue weighted by atomic mass is 9.91. The zero-order chi connectivity index (χ0) is 23.4. The van der Waals surface area contributed by atoms with Crippen LogP contribution in [0.4, 0.5) is 0 Å². The second-order valence-corrected chi connectivity index (χ2v) is 9.59. The van der Waals surface area contributed by atoms with Crippen LogP contribution in [0.3, 0.4) is 0 Å². The minimum atomic E-state index is -0.953. The molecule has 2 aromatic heterocycles. The lowest BCUT2D eigenvalue weighted by molar-refractivity contribution is -0.133. The molecule has 3 heterocycles. The standard InChI is InChI=1S/C26H38N4O3/c1-4-28(5-2)16-10-17-30-24(31)22-15-14-21(23-13-9-18-33-23)29(22)19-26(30,3)25(32)27-20-11-7-6-8-12-20/h9,13-15,18,20H,4-8,10-12,16-17,19H2,1-3H3,(H,27,32)/t26-/m0/s1. The molecule has 0 bridgehead atoms. The molecule has 0 radical (unpaired) electrons. The SMILES string of the molecule is CCN(CC)CCCN1C(=O)c2ccc(-c3ccco3)n2C[C@@]1(C)C(=O)NC1CCCCC1. The van der Waals surface area contributed by atoms with Crippen molar-refractivity contribution in [3.63, 3.8) is 0 Å². The zero-order valence-electron chi connectivity index (χ0n) is 20.3. The number of rotatable bonds is 9. The fraction of sp³-hybridized carbons (Fsp3) is 0.615. The van der Waals surface area contributed by atoms with Gasteiger partial charge >= 0.3 is 0 Å². The number of nitrogens with one attached hydrogen (secondary N) is 1. The van der Waals surface area contributed by atoms with E-state index in [4.69, 9.17) is 4.42 Å². The van der Waals surface area contributed by atoms with E-state index in [1.807, 2.05) is 40.7 Å². The number of hydrogen-bond donors (Lipinski definition) is 1. The summed E-state index contributed by atoms with van der Waals surface area (Å²) in [6.45, 7) is 10.1. The molecule has 0 spiro atoms. The van der Waals surface area contributed by atoms with Crippen molar-refractivity contribution in [1.82, 2.24) is 19.7 Å². The Hall–Kier alpha value is -2.54. The van der Waals surface area contributed by atoms with Gasteiger partial charge in [-0.3, -0.25) is 9.59 Å². The smallest absolute Gasteiger partial charge is 0.271 e. The number of furan rings is 1. The minimum absolute atomic E-state index is 0.0460. The maximum Gasteiger partial charge on any atom is 0.271 e. The largest absolute Gasteiger partial charge is 0.463 e. The van der Waals surface area contributed by atoms with Gasteiger partial charge in [0.15, 0.2) is 0 Å². The maximum absolute atomic E-state index is 13.7. The fourth-order valence-corrected chi connectivity index (χ4v) is 5.34. The monoisotopic (exact) mass is 454 g/mol. The van der Waals surface area contributed by atoms with Gasteiger partial charge in [-0.2, -0.15) is 0 Å². The Morgan fingerprint density at radius 2 is 1.88 bits per heavy atom. The molecule has 2 aromatic rings. The first-order valence-electron chi connectivity index (χ1n) is 12.6. The first-order chi connectivity index (χ1) is 16.0. The number of fused-ring (bicyclic) bond motifs is 1. The van der Waals surface area contributed by atoms with E-state index < -0.39 is 5.54 Å². The van der Waals surface area contributed by atoms with Crippen LogP contribution < -0.4 is 5.32 Å². The summed E-state index contributed by atoms with van der Waals surface area (Å²) in [5.41, 5.74) is 0.500. The zero-order valence-corrected chi connectivity index (χ0v) is 20.3. The summed E-state index contributed by atoms with van der Waals surface area (Å²) in [4.78, 5) is 31.6. The summed E-state index contributed by atoms with van der Waals surface area (Å²) in [5.74, 6) is 0.578. The summed E-state index contributed by atoms with van der Waals surface area (Å²) in [7, 11) is 0. The van der Waals surface area contributed by atoms with Gasteiger partial charge in [-0.15, -0.1) is 0 Å². The van der Waals surface area contributed by atoms with Crippen molar-refractivity contribution in [2.75, 3.05) is 26.2 Å². The summed E-state index contributed by atoms with van der Waals surface area (Å²) < 4.78 is 7.58. The highest BCUT2D eigenvalue weighted by atomic mass is 16.3. The molecule has 2 amide bonds. The summed E-state index contributed by atoms with van der Waals surface area (Å²) >= 11 is 0. The van der Waals surface area contributed by atoms with Gasteiger partial charge in [-0.25, -0.2) is 0 Å². The third-order valence-corrected chi connectivity index (χ3v) is 7.46. The molecule has 1 fully saturated rings. The third kappa shape index (κ3) is 4.74. The molecule has 180 valence electrons. The molecular formula is C26H38N4O3. The molecule has 1 saturated carbocycles. The van der Waals surface area contributed by atoms with E-state index in [1.54, 1.807) is 6.26 Å². The Labute approximate surface area is 197 Å². The molecule has 0 saturated heterocycles. The van der Waals surface area contributed by atoms with E-state index >= 15 is 0 Å². The highest BCUT2D eigenvalue weighted by Crippen LogP contribution is 2.34. The first-order valence-corrected chi connectivity index (χ1v) is 12.6. The Morgan fingerprint density at radius 1 is 1.15 bits per heavy atom. The summed E-state index contributed by atoms with van der Waals surface area (Å²) in [6, 6.07) is 7.71. The van der Waals surface area contributed by atoms with Crippen molar-refractivity contribution in [3.05, 3.63) is 36.2 Å². The van der Waals surface area contributed by atoms with Crippen LogP contribution in [-0.4, -0.2) is 63.9 Å². The van der Waals surface area contributed by atoms with E-state index in [9.17, 15) is 9.59 Å². The maximum atomic E-state index is 13.7. The number of carbonyl (C=O) groups is 2. The molecule has 7 heteroatoms. The molecule has 2 aliphatic rings. The molecule has 0 aromatic carbocycles. The van der Waals surface area contributed by atoms with Gasteiger partial charge in [0, 0.05) is 12.6 Å². The summed E-state index contributed by atoms with van der Waals surface area (Å²) in [6.07, 6.45) is 8.05. The highest BCUT2D eigenvalue weighted by Gasteiger charge is 2.48. The molecule has 33 heavy (non-hydrogen) atoms. The Morgan fingerprint density at radius 3 is 2.55 bits per heavy atom. The first kappa shape index (κ1) is 23.6. The van der Waals surface area contributed by atoms with Crippen molar-refractivity contribution < 1.29 is 14.0 Å². The van der Waals surface area contributed by atoms with E-state index in [-0.39, 0.29) is 17.9 Å². The van der Waals surface area contributed by atoms with Crippen molar-refractivity contribution in [3.8, 4) is 11.5 Å². The number of carbonyl (C=O) groups excluding carboxylic acids is 2. The highest BCUT2D eigenvalue weighted by molar-refractivity contribution is 6.00. The Balaban J connectivity index is 1.62. The molecular weight excluding hydrogens is 416 g/mol. The average molecular weight is 455 g/mol. The van der Waals surface area contributed by atoms with Gasteiger partial charge < -0.3 is 24.1 Å². The minimum Gasteiger partial charge on any atom is -0.463 e. The quantitative estimate of drug-likeness (QED) is 0.618. The fourth-order valence-electron chi connectivity index (χ4n) is 5.34. The molecule has 1 aliphatic carbocycles. The van der Waals surface area contributed by atoms with E-state index in [0.29, 0.717) is 24.5 Å². The van der Waals surface area contributed by atoms with Gasteiger partial charge in [-0.05, 0) is 70.1 Å². The van der Waals surface area contributed by atoms with Crippen molar-refractivity contribution in [1.29, 1.82) is 0 Å². The molecule has 7 nitrogen and oxygen atoms in total. The molecule has 4 rings (SSSR count). The number of nitrogens with zero attached hydrogens (tertiary/aromatic N) is 3. The van der Waals surface area contributed by atoms with Crippen LogP contribution in [-0.2, 0) is 11.3 Å². The topological polar surface area (TPSA) is 70.7 Å². The Bertz CT molecular complexity index is 941. The van der Waals surface area contributed by atoms with Crippen molar-refractivity contribution >= 4 is 11.8 Å². The summed E-state index contributed by atoms with van der Waals surface area (Å²) in [5, 5.41) is 3.30. The van der Waals surface area contributed by atoms with Crippen LogP contribution >= 0.6 is 0 Å². The van der Waals surface area contributed by atoms with Gasteiger partial charge in [-0.1, -0.05) is 33.1 Å². The predicted octanol–water partition coefficient (Wildman–Crippen LogP) is 4.14. The second-order valence-electron chi connectivity index (χ2n) is 9.59. The van der Waals surface area contributed by atoms with Crippen molar-refractivity contribution in [2.45, 2.75) is 77.4 Å². The van der Waals surface area contributed by atoms with Gasteiger partial charge in [0.05, 0.1) is 18.5 Å². The van der Waals surface area contributed by atoms with Crippen LogP contribution in [0.2, 0.25) is 0 Å². The van der Waals surface area contributed by atoms with Crippen molar-refractivity contribution in [2.24, 2.45) is 0 Å². The lowest BCUT2D eigenvalue weighted by Crippen LogP contribution is -2.65. The molecule has 1 aliphatic heterocycles. The predicted molar refractivity (Wildman–Crippen MR) is 129 cm³/mol. The molecule has 1 N–H and O–H groups in total. The Kier molecular flexibility index (Phi) is 7.27. The van der Waals surface area contributed by atoms with E-state index in [0.717, 1.165) is 57.4 Å². The van der Waals surface area contributed by atoms with Crippen LogP contribution in [0.15, 0.2) is 34.9 Å². The number of amides is 2. The second kappa shape index (κ2) is 10.2. The lowest BCUT2D eigenvalue weighted by Gasteiger charge is -2.45. The van der Waals surface area contributed by atoms with Crippen LogP contribution in [0.1, 0.15) is 69.8 Å². The van der Waals surface area contributed by atoms with Crippen LogP contribution in [0, 0.1) is 0 Å². The average Bonchev–Trinajstić information content (AvgIpc) is 3.49. The van der Waals surface area contributed by atoms with E-state index in [1.165, 1.54) is 6.42 Å². The number of hydrogen-bond acceptors (Lipinski definition) is 4. The van der Waals surface area contributed by atoms with Gasteiger partial charge in [0.25, 0.3) is 5.91 Å². The van der Waals surface area contributed by atoms with Gasteiger partial charge in [0.1, 0.15) is 17.0 Å². The number of aromatic nitrogens is 1. The van der Waals surface area contributed by atoms with Gasteiger partial charge in [0.2, 0.25) is 5.91 Å². The van der Waals surface area contributed by atoms with Crippen LogP contribution in [0.25, 0.3) is 11.5 Å².